The van der Waals surface area contributed by atoms with Gasteiger partial charge in [-0.15, -0.1) is 0 Å². The topological polar surface area (TPSA) is 62.5 Å². The van der Waals surface area contributed by atoms with E-state index in [9.17, 15) is 5.11 Å². The van der Waals surface area contributed by atoms with Crippen molar-refractivity contribution in [2.24, 2.45) is 0 Å². The van der Waals surface area contributed by atoms with Gasteiger partial charge in [-0.05, 0) is 38.7 Å². The van der Waals surface area contributed by atoms with E-state index >= 15 is 0 Å². The molecule has 4 rings (SSSR count). The van der Waals surface area contributed by atoms with Crippen molar-refractivity contribution < 1.29 is 5.11 Å². The fourth-order valence-corrected chi connectivity index (χ4v) is 3.63. The summed E-state index contributed by atoms with van der Waals surface area (Å²) in [6.45, 7) is 0.0877. The summed E-state index contributed by atoms with van der Waals surface area (Å²) in [5.41, 5.74) is 2.03. The zero-order chi connectivity index (χ0) is 17.2. The number of halogens is 1. The number of hydrogen-bond donors (Lipinski definition) is 2. The van der Waals surface area contributed by atoms with Crippen LogP contribution in [0.25, 0.3) is 16.3 Å². The molecule has 0 saturated heterocycles. The van der Waals surface area contributed by atoms with Crippen LogP contribution in [0.1, 0.15) is 18.0 Å². The van der Waals surface area contributed by atoms with Crippen LogP contribution in [0.2, 0.25) is 0 Å². The molecule has 2 aromatic heterocycles. The Labute approximate surface area is 153 Å². The van der Waals surface area contributed by atoms with Gasteiger partial charge in [-0.25, -0.2) is 9.50 Å². The Balaban J connectivity index is 1.80. The first kappa shape index (κ1) is 16.1. The van der Waals surface area contributed by atoms with Gasteiger partial charge < -0.3 is 10.4 Å². The van der Waals surface area contributed by atoms with E-state index in [1.54, 1.807) is 16.9 Å². The predicted octanol–water partition coefficient (Wildman–Crippen LogP) is 4.18. The van der Waals surface area contributed by atoms with Crippen molar-refractivity contribution in [3.8, 4) is 0 Å². The number of nitrogens with zero attached hydrogens (tertiary/aromatic N) is 3. The van der Waals surface area contributed by atoms with Crippen LogP contribution >= 0.6 is 15.9 Å². The van der Waals surface area contributed by atoms with Crippen molar-refractivity contribution in [1.82, 2.24) is 14.6 Å². The number of fused-ring (bicyclic) bond motifs is 2. The Hall–Kier alpha value is -2.44. The summed E-state index contributed by atoms with van der Waals surface area (Å²) in [7, 11) is 0. The maximum Gasteiger partial charge on any atom is 0.153 e. The van der Waals surface area contributed by atoms with E-state index in [0.29, 0.717) is 6.42 Å². The molecule has 126 valence electrons. The van der Waals surface area contributed by atoms with Crippen molar-refractivity contribution >= 4 is 38.0 Å². The summed E-state index contributed by atoms with van der Waals surface area (Å²) in [5.74, 6) is 0.734. The van der Waals surface area contributed by atoms with Crippen molar-refractivity contribution in [2.75, 3.05) is 11.9 Å². The molecule has 0 spiro atoms. The van der Waals surface area contributed by atoms with Gasteiger partial charge in [0.25, 0.3) is 0 Å². The predicted molar refractivity (Wildman–Crippen MR) is 103 cm³/mol. The zero-order valence-corrected chi connectivity index (χ0v) is 15.0. The number of aliphatic hydroxyl groups is 1. The maximum atomic E-state index is 9.59. The maximum absolute atomic E-state index is 9.59. The van der Waals surface area contributed by atoms with E-state index < -0.39 is 0 Å². The third kappa shape index (κ3) is 2.99. The number of aliphatic hydroxyl groups excluding tert-OH is 1. The van der Waals surface area contributed by atoms with E-state index in [1.807, 2.05) is 24.4 Å². The smallest absolute Gasteiger partial charge is 0.153 e. The van der Waals surface area contributed by atoms with Gasteiger partial charge in [-0.2, -0.15) is 5.10 Å². The van der Waals surface area contributed by atoms with Gasteiger partial charge in [0.2, 0.25) is 0 Å². The highest BCUT2D eigenvalue weighted by atomic mass is 79.9. The van der Waals surface area contributed by atoms with Crippen molar-refractivity contribution in [3.63, 3.8) is 0 Å². The Bertz CT molecular complexity index is 1020. The summed E-state index contributed by atoms with van der Waals surface area (Å²) < 4.78 is 2.65. The van der Waals surface area contributed by atoms with Gasteiger partial charge in [0, 0.05) is 19.0 Å². The first-order chi connectivity index (χ1) is 12.3. The van der Waals surface area contributed by atoms with Crippen molar-refractivity contribution in [3.05, 3.63) is 71.1 Å². The minimum atomic E-state index is -0.0587. The SMILES string of the molecule is OCC[C@H](Nc1nccn2ncc(Br)c12)c1cccc2ccccc12. The highest BCUT2D eigenvalue weighted by Gasteiger charge is 2.17. The molecule has 0 bridgehead atoms. The van der Waals surface area contributed by atoms with Gasteiger partial charge in [0.05, 0.1) is 16.7 Å². The average molecular weight is 397 g/mol. The van der Waals surface area contributed by atoms with Crippen LogP contribution < -0.4 is 5.32 Å². The Morgan fingerprint density at radius 3 is 2.88 bits per heavy atom. The second-order valence-electron chi connectivity index (χ2n) is 5.84. The van der Waals surface area contributed by atoms with Gasteiger partial charge in [-0.3, -0.25) is 0 Å². The molecule has 2 N–H and O–H groups in total. The number of nitrogens with one attached hydrogen (secondary N) is 1. The van der Waals surface area contributed by atoms with Crippen LogP contribution in [0.4, 0.5) is 5.82 Å². The lowest BCUT2D eigenvalue weighted by molar-refractivity contribution is 0.280. The van der Waals surface area contributed by atoms with Crippen LogP contribution in [0.3, 0.4) is 0 Å². The molecule has 0 unspecified atom stereocenters. The van der Waals surface area contributed by atoms with Gasteiger partial charge in [0.1, 0.15) is 5.52 Å². The van der Waals surface area contributed by atoms with Gasteiger partial charge in [0.15, 0.2) is 5.82 Å². The van der Waals surface area contributed by atoms with E-state index in [-0.39, 0.29) is 12.6 Å². The summed E-state index contributed by atoms with van der Waals surface area (Å²) in [6, 6.07) is 14.5. The van der Waals surface area contributed by atoms with Crippen LogP contribution in [-0.4, -0.2) is 26.3 Å². The zero-order valence-electron chi connectivity index (χ0n) is 13.4. The molecular weight excluding hydrogens is 380 g/mol. The lowest BCUT2D eigenvalue weighted by Gasteiger charge is -2.21. The van der Waals surface area contributed by atoms with E-state index in [1.165, 1.54) is 10.8 Å². The molecule has 0 aliphatic heterocycles. The molecule has 2 aromatic carbocycles. The largest absolute Gasteiger partial charge is 0.396 e. The van der Waals surface area contributed by atoms with Crippen LogP contribution in [0.15, 0.2) is 65.5 Å². The molecule has 1 atom stereocenters. The normalized spacial score (nSPS) is 12.6. The van der Waals surface area contributed by atoms with Crippen LogP contribution in [0, 0.1) is 0 Å². The van der Waals surface area contributed by atoms with Gasteiger partial charge in [-0.1, -0.05) is 42.5 Å². The highest BCUT2D eigenvalue weighted by Crippen LogP contribution is 2.31. The molecule has 4 aromatic rings. The number of hydrogen-bond acceptors (Lipinski definition) is 4. The molecule has 0 amide bonds. The molecule has 5 nitrogen and oxygen atoms in total. The van der Waals surface area contributed by atoms with E-state index in [0.717, 1.165) is 21.4 Å². The lowest BCUT2D eigenvalue weighted by atomic mass is 9.97. The first-order valence-corrected chi connectivity index (χ1v) is 8.90. The molecule has 0 aliphatic carbocycles. The van der Waals surface area contributed by atoms with Gasteiger partial charge >= 0.3 is 0 Å². The van der Waals surface area contributed by atoms with Crippen LogP contribution in [-0.2, 0) is 0 Å². The second-order valence-corrected chi connectivity index (χ2v) is 6.69. The fourth-order valence-electron chi connectivity index (χ4n) is 3.17. The molecule has 25 heavy (non-hydrogen) atoms. The lowest BCUT2D eigenvalue weighted by Crippen LogP contribution is -2.14. The van der Waals surface area contributed by atoms with E-state index in [4.69, 9.17) is 0 Å². The van der Waals surface area contributed by atoms with Crippen LogP contribution in [0.5, 0.6) is 0 Å². The van der Waals surface area contributed by atoms with Crippen molar-refractivity contribution in [1.29, 1.82) is 0 Å². The fraction of sp³-hybridized carbons (Fsp3) is 0.158. The molecular formula is C19H17BrN4O. The molecule has 0 saturated carbocycles. The third-order valence-electron chi connectivity index (χ3n) is 4.31. The van der Waals surface area contributed by atoms with E-state index in [2.05, 4.69) is 55.6 Å². The van der Waals surface area contributed by atoms with Crippen molar-refractivity contribution in [2.45, 2.75) is 12.5 Å². The average Bonchev–Trinajstić information content (AvgIpc) is 3.03. The summed E-state index contributed by atoms with van der Waals surface area (Å²) in [6.07, 6.45) is 5.86. The summed E-state index contributed by atoms with van der Waals surface area (Å²) in [4.78, 5) is 4.48. The Morgan fingerprint density at radius 2 is 2.00 bits per heavy atom. The number of aromatic nitrogens is 3. The minimum absolute atomic E-state index is 0.0587. The summed E-state index contributed by atoms with van der Waals surface area (Å²) >= 11 is 3.53. The first-order valence-electron chi connectivity index (χ1n) is 8.11. The molecule has 0 radical (unpaired) electrons. The highest BCUT2D eigenvalue weighted by molar-refractivity contribution is 9.10. The monoisotopic (exact) mass is 396 g/mol. The molecule has 0 fully saturated rings. The third-order valence-corrected chi connectivity index (χ3v) is 4.89. The molecule has 6 heteroatoms. The second kappa shape index (κ2) is 6.82. The number of anilines is 1. The number of rotatable bonds is 5. The molecule has 0 aliphatic rings. The Morgan fingerprint density at radius 1 is 1.16 bits per heavy atom. The summed E-state index contributed by atoms with van der Waals surface area (Å²) in [5, 5.41) is 19.7. The molecule has 2 heterocycles. The minimum Gasteiger partial charge on any atom is -0.396 e. The Kier molecular flexibility index (Phi) is 4.38. The standard InChI is InChI=1S/C19H17BrN4O/c20-16-12-22-24-10-9-21-19(18(16)24)23-17(8-11-25)15-7-3-5-13-4-1-2-6-14(13)15/h1-7,9-10,12,17,25H,8,11H2,(H,21,23)/t17-/m0/s1. The quantitative estimate of drug-likeness (QED) is 0.531. The number of benzene rings is 2.